The summed E-state index contributed by atoms with van der Waals surface area (Å²) in [4.78, 5) is 5.12. The maximum Gasteiger partial charge on any atom is 0.190 e. The molecule has 0 aromatic rings. The molecule has 96 valence electrons. The largest absolute Gasteiger partial charge is 0.301 e. The van der Waals surface area contributed by atoms with Gasteiger partial charge in [-0.05, 0) is 19.5 Å². The number of nitrogens with zero attached hydrogens (tertiary/aromatic N) is 4. The Morgan fingerprint density at radius 2 is 1.53 bits per heavy atom. The molecular formula is C12H23N5. The Kier molecular flexibility index (Phi) is 10.3. The zero-order chi connectivity index (χ0) is 12.9. The van der Waals surface area contributed by atoms with Gasteiger partial charge in [-0.25, -0.2) is 5.32 Å². The minimum Gasteiger partial charge on any atom is -0.301 e. The second kappa shape index (κ2) is 11.2. The summed E-state index contributed by atoms with van der Waals surface area (Å²) >= 11 is 0. The van der Waals surface area contributed by atoms with E-state index in [0.29, 0.717) is 0 Å². The van der Waals surface area contributed by atoms with Gasteiger partial charge >= 0.3 is 0 Å². The van der Waals surface area contributed by atoms with Crippen LogP contribution in [0.1, 0.15) is 26.7 Å². The highest BCUT2D eigenvalue weighted by Gasteiger charge is 2.13. The van der Waals surface area contributed by atoms with Crippen LogP contribution in [0.5, 0.6) is 0 Å². The van der Waals surface area contributed by atoms with Gasteiger partial charge in [-0.3, -0.25) is 0 Å². The third-order valence-electron chi connectivity index (χ3n) is 2.85. The molecule has 5 heteroatoms. The van der Waals surface area contributed by atoms with Crippen LogP contribution in [0.4, 0.5) is 0 Å². The monoisotopic (exact) mass is 237 g/mol. The zero-order valence-corrected chi connectivity index (χ0v) is 10.9. The summed E-state index contributed by atoms with van der Waals surface area (Å²) in [5.74, 6) is 0. The first-order chi connectivity index (χ1) is 8.28. The maximum absolute atomic E-state index is 7.48. The normalized spacial score (nSPS) is 16.2. The van der Waals surface area contributed by atoms with E-state index in [-0.39, 0.29) is 0 Å². The molecule has 0 amide bonds. The van der Waals surface area contributed by atoms with E-state index in [1.54, 1.807) is 5.32 Å². The molecule has 0 unspecified atom stereocenters. The van der Waals surface area contributed by atoms with Crippen molar-refractivity contribution >= 4 is 0 Å². The number of piperazine rings is 1. The topological polar surface area (TPSA) is 66.1 Å². The van der Waals surface area contributed by atoms with Crippen LogP contribution in [0.25, 0.3) is 0 Å². The smallest absolute Gasteiger partial charge is 0.190 e. The van der Waals surface area contributed by atoms with Gasteiger partial charge in [0.15, 0.2) is 12.4 Å². The van der Waals surface area contributed by atoms with Gasteiger partial charge in [0.25, 0.3) is 0 Å². The van der Waals surface area contributed by atoms with Crippen molar-refractivity contribution in [3.8, 4) is 12.4 Å². The van der Waals surface area contributed by atoms with E-state index in [0.717, 1.165) is 0 Å². The van der Waals surface area contributed by atoms with Crippen molar-refractivity contribution < 1.29 is 0 Å². The van der Waals surface area contributed by atoms with Crippen molar-refractivity contribution in [2.45, 2.75) is 26.7 Å². The van der Waals surface area contributed by atoms with Crippen molar-refractivity contribution in [1.82, 2.24) is 15.1 Å². The standard InChI is InChI=1S/C10H22N2.C2HN3/c1-3-5-6-12-9-7-11(4-2)8-10-12;3-1-5-2-4/h3-10H2,1-2H3;5H. The van der Waals surface area contributed by atoms with E-state index in [1.165, 1.54) is 64.5 Å². The molecule has 0 atom stereocenters. The van der Waals surface area contributed by atoms with Gasteiger partial charge in [0.05, 0.1) is 0 Å². The van der Waals surface area contributed by atoms with Gasteiger partial charge in [0.1, 0.15) is 0 Å². The van der Waals surface area contributed by atoms with Crippen LogP contribution < -0.4 is 5.32 Å². The first kappa shape index (κ1) is 15.7. The first-order valence-corrected chi connectivity index (χ1v) is 6.26. The minimum absolute atomic E-state index is 1.22. The van der Waals surface area contributed by atoms with Crippen LogP contribution in [0, 0.1) is 22.9 Å². The summed E-state index contributed by atoms with van der Waals surface area (Å²) in [6.45, 7) is 12.2. The van der Waals surface area contributed by atoms with Gasteiger partial charge < -0.3 is 9.80 Å². The lowest BCUT2D eigenvalue weighted by Gasteiger charge is -2.33. The summed E-state index contributed by atoms with van der Waals surface area (Å²) in [5, 5.41) is 16.7. The fourth-order valence-corrected chi connectivity index (χ4v) is 1.74. The molecule has 1 saturated heterocycles. The fraction of sp³-hybridized carbons (Fsp3) is 0.833. The number of hydrogen-bond acceptors (Lipinski definition) is 5. The fourth-order valence-electron chi connectivity index (χ4n) is 1.74. The average molecular weight is 237 g/mol. The number of likely N-dealkylation sites (N-methyl/N-ethyl adjacent to an activating group) is 1. The summed E-state index contributed by atoms with van der Waals surface area (Å²) < 4.78 is 0. The van der Waals surface area contributed by atoms with Crippen LogP contribution in [-0.2, 0) is 0 Å². The van der Waals surface area contributed by atoms with Crippen LogP contribution >= 0.6 is 0 Å². The lowest BCUT2D eigenvalue weighted by atomic mass is 10.2. The van der Waals surface area contributed by atoms with Gasteiger partial charge in [-0.15, -0.1) is 0 Å². The Morgan fingerprint density at radius 1 is 1.00 bits per heavy atom. The molecule has 1 fully saturated rings. The van der Waals surface area contributed by atoms with E-state index in [2.05, 4.69) is 23.6 Å². The number of hydrogen-bond donors (Lipinski definition) is 1. The highest BCUT2D eigenvalue weighted by molar-refractivity contribution is 4.77. The number of rotatable bonds is 4. The molecule has 0 aromatic heterocycles. The Bertz CT molecular complexity index is 233. The highest BCUT2D eigenvalue weighted by atomic mass is 15.3. The molecule has 17 heavy (non-hydrogen) atoms. The van der Waals surface area contributed by atoms with Crippen molar-refractivity contribution in [3.05, 3.63) is 0 Å². The zero-order valence-electron chi connectivity index (χ0n) is 10.9. The van der Waals surface area contributed by atoms with Crippen molar-refractivity contribution in [2.75, 3.05) is 39.3 Å². The molecule has 1 aliphatic rings. The lowest BCUT2D eigenvalue weighted by molar-refractivity contribution is 0.136. The van der Waals surface area contributed by atoms with Gasteiger partial charge in [-0.2, -0.15) is 10.5 Å². The van der Waals surface area contributed by atoms with E-state index in [1.807, 2.05) is 0 Å². The Labute approximate surface area is 105 Å². The number of nitriles is 2. The summed E-state index contributed by atoms with van der Waals surface area (Å²) in [5.41, 5.74) is 0. The Balaban J connectivity index is 0.000000437. The minimum atomic E-state index is 1.22. The van der Waals surface area contributed by atoms with Crippen LogP contribution in [0.2, 0.25) is 0 Å². The van der Waals surface area contributed by atoms with Crippen LogP contribution in [0.3, 0.4) is 0 Å². The predicted molar refractivity (Wildman–Crippen MR) is 67.8 cm³/mol. The third-order valence-corrected chi connectivity index (χ3v) is 2.85. The SMILES string of the molecule is CCCCN1CCN(CC)CC1.N#CNC#N. The highest BCUT2D eigenvalue weighted by Crippen LogP contribution is 2.02. The molecule has 1 heterocycles. The molecular weight excluding hydrogens is 214 g/mol. The van der Waals surface area contributed by atoms with E-state index in [4.69, 9.17) is 10.5 Å². The van der Waals surface area contributed by atoms with Crippen molar-refractivity contribution in [1.29, 1.82) is 10.5 Å². The second-order valence-corrected chi connectivity index (χ2v) is 3.98. The number of unbranched alkanes of at least 4 members (excludes halogenated alkanes) is 1. The lowest BCUT2D eigenvalue weighted by Crippen LogP contribution is -2.46. The Morgan fingerprint density at radius 3 is 1.88 bits per heavy atom. The van der Waals surface area contributed by atoms with Gasteiger partial charge in [0, 0.05) is 26.2 Å². The first-order valence-electron chi connectivity index (χ1n) is 6.26. The summed E-state index contributed by atoms with van der Waals surface area (Å²) in [6.07, 6.45) is 5.51. The molecule has 1 N–H and O–H groups in total. The van der Waals surface area contributed by atoms with Gasteiger partial charge in [-0.1, -0.05) is 20.3 Å². The van der Waals surface area contributed by atoms with Crippen LogP contribution in [0.15, 0.2) is 0 Å². The van der Waals surface area contributed by atoms with Gasteiger partial charge in [0.2, 0.25) is 0 Å². The Hall–Kier alpha value is -1.30. The average Bonchev–Trinajstić information content (AvgIpc) is 2.38. The molecule has 0 radical (unpaired) electrons. The summed E-state index contributed by atoms with van der Waals surface area (Å²) in [6, 6.07) is 0. The van der Waals surface area contributed by atoms with Crippen molar-refractivity contribution in [3.63, 3.8) is 0 Å². The van der Waals surface area contributed by atoms with Crippen molar-refractivity contribution in [2.24, 2.45) is 0 Å². The molecule has 0 aromatic carbocycles. The third kappa shape index (κ3) is 8.50. The maximum atomic E-state index is 7.48. The van der Waals surface area contributed by atoms with E-state index in [9.17, 15) is 0 Å². The molecule has 1 aliphatic heterocycles. The molecule has 0 saturated carbocycles. The molecule has 1 rings (SSSR count). The quantitative estimate of drug-likeness (QED) is 0.583. The number of nitrogens with one attached hydrogen (secondary N) is 1. The molecule has 5 nitrogen and oxygen atoms in total. The van der Waals surface area contributed by atoms with Crippen LogP contribution in [-0.4, -0.2) is 49.1 Å². The van der Waals surface area contributed by atoms with E-state index < -0.39 is 0 Å². The summed E-state index contributed by atoms with van der Waals surface area (Å²) in [7, 11) is 0. The molecule has 0 spiro atoms. The second-order valence-electron chi connectivity index (χ2n) is 3.98. The molecule has 0 bridgehead atoms. The molecule has 0 aliphatic carbocycles. The van der Waals surface area contributed by atoms with E-state index >= 15 is 0 Å². The predicted octanol–water partition coefficient (Wildman–Crippen LogP) is 0.962.